The zero-order valence-electron chi connectivity index (χ0n) is 6.42. The minimum Gasteiger partial charge on any atom is -0.392 e. The van der Waals surface area contributed by atoms with Crippen LogP contribution in [0.15, 0.2) is 0 Å². The molecule has 1 amide bonds. The smallest absolute Gasteiger partial charge is 0.246 e. The van der Waals surface area contributed by atoms with E-state index >= 15 is 0 Å². The monoisotopic (exact) mass is 176 g/mol. The van der Waals surface area contributed by atoms with Gasteiger partial charge in [0, 0.05) is 6.61 Å². The Bertz CT molecular complexity index is 150. The normalized spacial score (nSPS) is 9.18. The van der Waals surface area contributed by atoms with Crippen molar-refractivity contribution in [2.45, 2.75) is 6.92 Å². The first kappa shape index (κ1) is 10.3. The topological polar surface area (TPSA) is 64.3 Å². The van der Waals surface area contributed by atoms with Crippen LogP contribution in [-0.2, 0) is 9.53 Å². The maximum atomic E-state index is 10.8. The number of hydrogen-bond acceptors (Lipinski definition) is 3. The maximum Gasteiger partial charge on any atom is 0.246 e. The van der Waals surface area contributed by atoms with Gasteiger partial charge in [-0.2, -0.15) is 0 Å². The Morgan fingerprint density at radius 3 is 2.82 bits per heavy atom. The van der Waals surface area contributed by atoms with E-state index in [0.717, 1.165) is 0 Å². The fourth-order valence-electron chi connectivity index (χ4n) is 0.431. The van der Waals surface area contributed by atoms with Crippen molar-refractivity contribution < 1.29 is 9.53 Å². The van der Waals surface area contributed by atoms with E-state index in [1.807, 2.05) is 6.92 Å². The van der Waals surface area contributed by atoms with Gasteiger partial charge in [0.2, 0.25) is 5.91 Å². The van der Waals surface area contributed by atoms with Crippen LogP contribution >= 0.6 is 12.2 Å². The van der Waals surface area contributed by atoms with Crippen molar-refractivity contribution in [3.63, 3.8) is 0 Å². The average molecular weight is 176 g/mol. The molecular formula is C6H12N2O2S. The van der Waals surface area contributed by atoms with Crippen LogP contribution in [0.1, 0.15) is 6.92 Å². The molecule has 0 spiro atoms. The first-order chi connectivity index (χ1) is 5.16. The van der Waals surface area contributed by atoms with Crippen LogP contribution in [0.2, 0.25) is 0 Å². The average Bonchev–Trinajstić information content (AvgIpc) is 1.97. The largest absolute Gasteiger partial charge is 0.392 e. The van der Waals surface area contributed by atoms with E-state index < -0.39 is 0 Å². The molecule has 0 aliphatic rings. The van der Waals surface area contributed by atoms with Gasteiger partial charge in [0.15, 0.2) is 0 Å². The van der Waals surface area contributed by atoms with Gasteiger partial charge in [-0.3, -0.25) is 4.79 Å². The summed E-state index contributed by atoms with van der Waals surface area (Å²) in [6.07, 6.45) is 0. The summed E-state index contributed by atoms with van der Waals surface area (Å²) < 4.78 is 4.83. The molecule has 0 aromatic carbocycles. The third-order valence-corrected chi connectivity index (χ3v) is 1.04. The number of carbonyl (C=O) groups is 1. The fourth-order valence-corrected chi connectivity index (χ4v) is 0.504. The molecule has 0 unspecified atom stereocenters. The van der Waals surface area contributed by atoms with Gasteiger partial charge in [-0.25, -0.2) is 0 Å². The summed E-state index contributed by atoms with van der Waals surface area (Å²) in [6, 6.07) is 0. The van der Waals surface area contributed by atoms with Crippen LogP contribution < -0.4 is 11.1 Å². The molecule has 0 rings (SSSR count). The number of thiocarbonyl (C=S) groups is 1. The zero-order chi connectivity index (χ0) is 8.69. The van der Waals surface area contributed by atoms with Crippen LogP contribution in [-0.4, -0.2) is 30.7 Å². The van der Waals surface area contributed by atoms with Crippen molar-refractivity contribution >= 4 is 23.1 Å². The first-order valence-electron chi connectivity index (χ1n) is 3.29. The second-order valence-corrected chi connectivity index (χ2v) is 2.40. The van der Waals surface area contributed by atoms with Crippen molar-refractivity contribution in [1.29, 1.82) is 0 Å². The lowest BCUT2D eigenvalue weighted by Gasteiger charge is -2.02. The Kier molecular flexibility index (Phi) is 5.68. The number of nitrogens with one attached hydrogen (secondary N) is 1. The highest BCUT2D eigenvalue weighted by Gasteiger charge is 1.98. The highest BCUT2D eigenvalue weighted by atomic mass is 32.1. The maximum absolute atomic E-state index is 10.8. The second-order valence-electron chi connectivity index (χ2n) is 1.88. The lowest BCUT2D eigenvalue weighted by molar-refractivity contribution is -0.125. The molecule has 3 N–H and O–H groups in total. The van der Waals surface area contributed by atoms with Crippen LogP contribution in [0.25, 0.3) is 0 Å². The lowest BCUT2D eigenvalue weighted by Crippen LogP contribution is -2.34. The summed E-state index contributed by atoms with van der Waals surface area (Å²) >= 11 is 4.55. The van der Waals surface area contributed by atoms with Gasteiger partial charge in [-0.05, 0) is 6.92 Å². The molecule has 0 radical (unpaired) electrons. The summed E-state index contributed by atoms with van der Waals surface area (Å²) in [7, 11) is 0. The highest BCUT2D eigenvalue weighted by molar-refractivity contribution is 7.80. The number of hydrogen-bond donors (Lipinski definition) is 2. The molecule has 0 aliphatic carbocycles. The summed E-state index contributed by atoms with van der Waals surface area (Å²) in [6.45, 7) is 2.65. The molecule has 11 heavy (non-hydrogen) atoms. The van der Waals surface area contributed by atoms with Gasteiger partial charge in [0.05, 0.1) is 11.5 Å². The Labute approximate surface area is 71.1 Å². The third-order valence-electron chi connectivity index (χ3n) is 0.897. The molecule has 4 nitrogen and oxygen atoms in total. The molecule has 0 aliphatic heterocycles. The Hall–Kier alpha value is -0.680. The van der Waals surface area contributed by atoms with Gasteiger partial charge in [0.1, 0.15) is 6.61 Å². The van der Waals surface area contributed by atoms with Gasteiger partial charge in [0.25, 0.3) is 0 Å². The van der Waals surface area contributed by atoms with Crippen LogP contribution in [0.3, 0.4) is 0 Å². The Morgan fingerprint density at radius 1 is 1.73 bits per heavy atom. The van der Waals surface area contributed by atoms with E-state index in [-0.39, 0.29) is 24.0 Å². The van der Waals surface area contributed by atoms with Gasteiger partial charge >= 0.3 is 0 Å². The molecule has 0 heterocycles. The van der Waals surface area contributed by atoms with Crippen molar-refractivity contribution in [3.8, 4) is 0 Å². The lowest BCUT2D eigenvalue weighted by atomic mass is 10.5. The minimum absolute atomic E-state index is 0.0686. The Morgan fingerprint density at radius 2 is 2.36 bits per heavy atom. The predicted octanol–water partition coefficient (Wildman–Crippen LogP) is -0.575. The summed E-state index contributed by atoms with van der Waals surface area (Å²) in [4.78, 5) is 11.0. The molecular weight excluding hydrogens is 164 g/mol. The molecule has 0 saturated carbocycles. The standard InChI is InChI=1S/C6H12N2O2S/c1-2-10-4-6(9)8-3-5(7)11/h2-4H2,1H3,(H2,7,11)(H,8,9). The molecule has 0 aromatic heterocycles. The quantitative estimate of drug-likeness (QED) is 0.550. The number of rotatable bonds is 5. The molecule has 0 fully saturated rings. The fraction of sp³-hybridized carbons (Fsp3) is 0.667. The first-order valence-corrected chi connectivity index (χ1v) is 3.70. The molecule has 0 aromatic rings. The molecule has 0 saturated heterocycles. The molecule has 64 valence electrons. The van der Waals surface area contributed by atoms with E-state index in [2.05, 4.69) is 17.5 Å². The molecule has 5 heteroatoms. The van der Waals surface area contributed by atoms with E-state index in [1.165, 1.54) is 0 Å². The number of ether oxygens (including phenoxy) is 1. The zero-order valence-corrected chi connectivity index (χ0v) is 7.24. The predicted molar refractivity (Wildman–Crippen MR) is 46.3 cm³/mol. The molecule has 0 atom stereocenters. The van der Waals surface area contributed by atoms with Crippen molar-refractivity contribution in [3.05, 3.63) is 0 Å². The van der Waals surface area contributed by atoms with Crippen LogP contribution in [0.5, 0.6) is 0 Å². The minimum atomic E-state index is -0.195. The van der Waals surface area contributed by atoms with Gasteiger partial charge in [-0.1, -0.05) is 12.2 Å². The van der Waals surface area contributed by atoms with Gasteiger partial charge in [-0.15, -0.1) is 0 Å². The molecule has 0 bridgehead atoms. The van der Waals surface area contributed by atoms with Crippen LogP contribution in [0, 0.1) is 0 Å². The Balaban J connectivity index is 3.30. The summed E-state index contributed by atoms with van der Waals surface area (Å²) in [5, 5.41) is 2.49. The second kappa shape index (κ2) is 6.06. The van der Waals surface area contributed by atoms with E-state index in [1.54, 1.807) is 0 Å². The van der Waals surface area contributed by atoms with Crippen LogP contribution in [0.4, 0.5) is 0 Å². The van der Waals surface area contributed by atoms with E-state index in [9.17, 15) is 4.79 Å². The summed E-state index contributed by atoms with van der Waals surface area (Å²) in [5.74, 6) is -0.195. The van der Waals surface area contributed by atoms with Crippen molar-refractivity contribution in [2.75, 3.05) is 19.8 Å². The number of nitrogens with two attached hydrogens (primary N) is 1. The van der Waals surface area contributed by atoms with E-state index in [0.29, 0.717) is 6.61 Å². The van der Waals surface area contributed by atoms with E-state index in [4.69, 9.17) is 10.5 Å². The van der Waals surface area contributed by atoms with Gasteiger partial charge < -0.3 is 15.8 Å². The third kappa shape index (κ3) is 7.21. The number of carbonyl (C=O) groups excluding carboxylic acids is 1. The SMILES string of the molecule is CCOCC(=O)NCC(N)=S. The number of amides is 1. The highest BCUT2D eigenvalue weighted by Crippen LogP contribution is 1.73. The summed E-state index contributed by atoms with van der Waals surface area (Å²) in [5.41, 5.74) is 5.15. The van der Waals surface area contributed by atoms with Crippen molar-refractivity contribution in [1.82, 2.24) is 5.32 Å². The van der Waals surface area contributed by atoms with Crippen molar-refractivity contribution in [2.24, 2.45) is 5.73 Å².